The van der Waals surface area contributed by atoms with Crippen LogP contribution in [0.3, 0.4) is 0 Å². The highest BCUT2D eigenvalue weighted by atomic mass is 16.5. The first-order valence-corrected chi connectivity index (χ1v) is 8.03. The summed E-state index contributed by atoms with van der Waals surface area (Å²) in [7, 11) is 0. The topological polar surface area (TPSA) is 21.3 Å². The van der Waals surface area contributed by atoms with Crippen LogP contribution in [0.15, 0.2) is 0 Å². The van der Waals surface area contributed by atoms with Crippen LogP contribution in [0, 0.1) is 11.3 Å². The molecule has 2 nitrogen and oxygen atoms in total. The van der Waals surface area contributed by atoms with E-state index in [9.17, 15) is 0 Å². The van der Waals surface area contributed by atoms with Crippen molar-refractivity contribution < 1.29 is 4.74 Å². The van der Waals surface area contributed by atoms with Gasteiger partial charge in [0.25, 0.3) is 0 Å². The molecule has 2 unspecified atom stereocenters. The molecule has 2 aliphatic rings. The largest absolute Gasteiger partial charge is 0.381 e. The van der Waals surface area contributed by atoms with Crippen LogP contribution in [-0.2, 0) is 4.74 Å². The molecule has 0 spiro atoms. The van der Waals surface area contributed by atoms with Gasteiger partial charge in [-0.15, -0.1) is 0 Å². The molecule has 2 heteroatoms. The zero-order chi connectivity index (χ0) is 12.8. The molecule has 0 radical (unpaired) electrons. The third-order valence-electron chi connectivity index (χ3n) is 5.18. The van der Waals surface area contributed by atoms with Crippen LogP contribution >= 0.6 is 0 Å². The lowest BCUT2D eigenvalue weighted by Crippen LogP contribution is -2.41. The Morgan fingerprint density at radius 2 is 1.89 bits per heavy atom. The van der Waals surface area contributed by atoms with E-state index >= 15 is 0 Å². The van der Waals surface area contributed by atoms with Crippen LogP contribution in [-0.4, -0.2) is 25.8 Å². The fourth-order valence-electron chi connectivity index (χ4n) is 3.42. The van der Waals surface area contributed by atoms with Gasteiger partial charge in [-0.05, 0) is 43.4 Å². The van der Waals surface area contributed by atoms with Gasteiger partial charge < -0.3 is 10.1 Å². The average molecular weight is 253 g/mol. The van der Waals surface area contributed by atoms with Crippen molar-refractivity contribution in [3.8, 4) is 0 Å². The zero-order valence-electron chi connectivity index (χ0n) is 12.3. The molecule has 0 bridgehead atoms. The Bertz CT molecular complexity index is 235. The molecule has 2 atom stereocenters. The minimum absolute atomic E-state index is 0.481. The Kier molecular flexibility index (Phi) is 5.50. The quantitative estimate of drug-likeness (QED) is 0.770. The van der Waals surface area contributed by atoms with E-state index in [-0.39, 0.29) is 0 Å². The monoisotopic (exact) mass is 253 g/mol. The summed E-state index contributed by atoms with van der Waals surface area (Å²) in [5.41, 5.74) is 0.481. The third-order valence-corrected chi connectivity index (χ3v) is 5.18. The van der Waals surface area contributed by atoms with Gasteiger partial charge in [0.1, 0.15) is 0 Å². The first-order chi connectivity index (χ1) is 8.72. The number of rotatable bonds is 4. The third kappa shape index (κ3) is 4.24. The highest BCUT2D eigenvalue weighted by Gasteiger charge is 2.28. The predicted octanol–water partition coefficient (Wildman–Crippen LogP) is 3.75. The van der Waals surface area contributed by atoms with Gasteiger partial charge in [0.15, 0.2) is 0 Å². The van der Waals surface area contributed by atoms with Gasteiger partial charge in [0.2, 0.25) is 0 Å². The lowest BCUT2D eigenvalue weighted by atomic mass is 9.82. The van der Waals surface area contributed by atoms with Crippen molar-refractivity contribution in [2.45, 2.75) is 71.3 Å². The van der Waals surface area contributed by atoms with Crippen molar-refractivity contribution in [3.05, 3.63) is 0 Å². The van der Waals surface area contributed by atoms with E-state index in [0.29, 0.717) is 5.41 Å². The molecular weight excluding hydrogens is 222 g/mol. The maximum atomic E-state index is 5.48. The molecule has 1 saturated heterocycles. The first kappa shape index (κ1) is 14.3. The fraction of sp³-hybridized carbons (Fsp3) is 1.00. The molecule has 2 fully saturated rings. The van der Waals surface area contributed by atoms with Crippen LogP contribution in [0.25, 0.3) is 0 Å². The molecule has 0 aromatic carbocycles. The first-order valence-electron chi connectivity index (χ1n) is 8.03. The number of hydrogen-bond donors (Lipinski definition) is 1. The van der Waals surface area contributed by atoms with Gasteiger partial charge in [-0.3, -0.25) is 0 Å². The number of nitrogens with one attached hydrogen (secondary N) is 1. The minimum Gasteiger partial charge on any atom is -0.381 e. The van der Waals surface area contributed by atoms with Crippen LogP contribution in [0.1, 0.15) is 65.2 Å². The second-order valence-corrected chi connectivity index (χ2v) is 6.78. The summed E-state index contributed by atoms with van der Waals surface area (Å²) in [6, 6.07) is 0.779. The minimum atomic E-state index is 0.481. The van der Waals surface area contributed by atoms with Gasteiger partial charge in [-0.25, -0.2) is 0 Å². The van der Waals surface area contributed by atoms with Gasteiger partial charge in [0, 0.05) is 25.8 Å². The van der Waals surface area contributed by atoms with Crippen molar-refractivity contribution >= 4 is 0 Å². The Morgan fingerprint density at radius 3 is 2.61 bits per heavy atom. The molecular formula is C16H31NO. The van der Waals surface area contributed by atoms with Crippen LogP contribution < -0.4 is 5.32 Å². The van der Waals surface area contributed by atoms with E-state index in [0.717, 1.165) is 25.2 Å². The van der Waals surface area contributed by atoms with E-state index in [2.05, 4.69) is 19.2 Å². The van der Waals surface area contributed by atoms with E-state index in [1.54, 1.807) is 0 Å². The Hall–Kier alpha value is -0.0800. The standard InChI is InChI=1S/C16H31NO/c1-3-14-5-4-6-15(8-7-14)17-13-16(2)9-11-18-12-10-16/h14-15,17H,3-13H2,1-2H3. The maximum Gasteiger partial charge on any atom is 0.0471 e. The van der Waals surface area contributed by atoms with Gasteiger partial charge in [-0.2, -0.15) is 0 Å². The fourth-order valence-corrected chi connectivity index (χ4v) is 3.42. The molecule has 0 aromatic rings. The van der Waals surface area contributed by atoms with Gasteiger partial charge in [0.05, 0.1) is 0 Å². The Balaban J connectivity index is 1.72. The van der Waals surface area contributed by atoms with E-state index in [4.69, 9.17) is 4.74 Å². The molecule has 1 N–H and O–H groups in total. The van der Waals surface area contributed by atoms with E-state index < -0.39 is 0 Å². The molecule has 1 heterocycles. The summed E-state index contributed by atoms with van der Waals surface area (Å²) >= 11 is 0. The molecule has 1 aliphatic carbocycles. The smallest absolute Gasteiger partial charge is 0.0471 e. The summed E-state index contributed by atoms with van der Waals surface area (Å²) in [5.74, 6) is 0.996. The van der Waals surface area contributed by atoms with Crippen molar-refractivity contribution in [2.75, 3.05) is 19.8 Å². The van der Waals surface area contributed by atoms with Gasteiger partial charge >= 0.3 is 0 Å². The number of hydrogen-bond acceptors (Lipinski definition) is 2. The maximum absolute atomic E-state index is 5.48. The molecule has 1 aliphatic heterocycles. The van der Waals surface area contributed by atoms with Crippen LogP contribution in [0.5, 0.6) is 0 Å². The highest BCUT2D eigenvalue weighted by Crippen LogP contribution is 2.30. The SMILES string of the molecule is CCC1CCCC(NCC2(C)CCOCC2)CC1. The Morgan fingerprint density at radius 1 is 1.11 bits per heavy atom. The molecule has 0 aromatic heterocycles. The lowest BCUT2D eigenvalue weighted by Gasteiger charge is -2.35. The summed E-state index contributed by atoms with van der Waals surface area (Å²) in [6.07, 6.45) is 10.9. The van der Waals surface area contributed by atoms with Crippen molar-refractivity contribution in [1.29, 1.82) is 0 Å². The van der Waals surface area contributed by atoms with Crippen LogP contribution in [0.4, 0.5) is 0 Å². The summed E-state index contributed by atoms with van der Waals surface area (Å²) in [6.45, 7) is 7.88. The second kappa shape index (κ2) is 6.91. The zero-order valence-corrected chi connectivity index (χ0v) is 12.3. The summed E-state index contributed by atoms with van der Waals surface area (Å²) in [4.78, 5) is 0. The lowest BCUT2D eigenvalue weighted by molar-refractivity contribution is 0.0226. The van der Waals surface area contributed by atoms with Gasteiger partial charge in [-0.1, -0.05) is 33.1 Å². The summed E-state index contributed by atoms with van der Waals surface area (Å²) in [5, 5.41) is 3.86. The van der Waals surface area contributed by atoms with E-state index in [1.165, 1.54) is 57.9 Å². The highest BCUT2D eigenvalue weighted by molar-refractivity contribution is 4.82. The predicted molar refractivity (Wildman–Crippen MR) is 76.8 cm³/mol. The summed E-state index contributed by atoms with van der Waals surface area (Å²) < 4.78 is 5.48. The van der Waals surface area contributed by atoms with Crippen molar-refractivity contribution in [1.82, 2.24) is 5.32 Å². The molecule has 0 amide bonds. The van der Waals surface area contributed by atoms with Crippen LogP contribution in [0.2, 0.25) is 0 Å². The van der Waals surface area contributed by atoms with Crippen molar-refractivity contribution in [2.24, 2.45) is 11.3 Å². The molecule has 106 valence electrons. The van der Waals surface area contributed by atoms with Crippen molar-refractivity contribution in [3.63, 3.8) is 0 Å². The molecule has 18 heavy (non-hydrogen) atoms. The number of ether oxygens (including phenoxy) is 1. The van der Waals surface area contributed by atoms with E-state index in [1.807, 2.05) is 0 Å². The average Bonchev–Trinajstić information content (AvgIpc) is 2.62. The molecule has 1 saturated carbocycles. The second-order valence-electron chi connectivity index (χ2n) is 6.78. The Labute approximate surface area is 113 Å². The molecule has 2 rings (SSSR count). The normalized spacial score (nSPS) is 33.0.